The zero-order chi connectivity index (χ0) is 15.1. The van der Waals surface area contributed by atoms with E-state index in [0.29, 0.717) is 30.8 Å². The summed E-state index contributed by atoms with van der Waals surface area (Å²) in [7, 11) is 1.61. The van der Waals surface area contributed by atoms with Crippen molar-refractivity contribution in [2.24, 2.45) is 0 Å². The third kappa shape index (κ3) is 3.95. The first kappa shape index (κ1) is 14.8. The Morgan fingerprint density at radius 1 is 1.05 bits per heavy atom. The van der Waals surface area contributed by atoms with Gasteiger partial charge in [0, 0.05) is 6.54 Å². The second kappa shape index (κ2) is 7.28. The van der Waals surface area contributed by atoms with Crippen LogP contribution in [0, 0.1) is 0 Å². The summed E-state index contributed by atoms with van der Waals surface area (Å²) in [6.07, 6.45) is 0. The maximum absolute atomic E-state index is 5.35. The molecule has 0 bridgehead atoms. The summed E-state index contributed by atoms with van der Waals surface area (Å²) in [5.74, 6) is 1.57. The highest BCUT2D eigenvalue weighted by Gasteiger charge is 2.09. The molecule has 0 atom stereocenters. The Kier molecular flexibility index (Phi) is 5.14. The van der Waals surface area contributed by atoms with E-state index in [-0.39, 0.29) is 6.01 Å². The fraction of sp³-hybridized carbons (Fsp3) is 0.357. The molecule has 0 aliphatic carbocycles. The van der Waals surface area contributed by atoms with E-state index in [1.165, 1.54) is 0 Å². The number of nitrogens with zero attached hydrogens (tertiary/aromatic N) is 3. The molecule has 2 rings (SSSR count). The van der Waals surface area contributed by atoms with Gasteiger partial charge in [-0.05, 0) is 26.0 Å². The first-order valence-electron chi connectivity index (χ1n) is 6.79. The van der Waals surface area contributed by atoms with Crippen LogP contribution in [0.2, 0.25) is 0 Å². The van der Waals surface area contributed by atoms with Crippen molar-refractivity contribution < 1.29 is 9.47 Å². The molecule has 0 radical (unpaired) electrons. The maximum Gasteiger partial charge on any atom is 0.323 e. The van der Waals surface area contributed by atoms with Crippen molar-refractivity contribution in [2.75, 3.05) is 30.9 Å². The fourth-order valence-electron chi connectivity index (χ4n) is 1.71. The van der Waals surface area contributed by atoms with Crippen LogP contribution in [-0.2, 0) is 0 Å². The van der Waals surface area contributed by atoms with E-state index >= 15 is 0 Å². The van der Waals surface area contributed by atoms with Gasteiger partial charge in [0.15, 0.2) is 0 Å². The second-order valence-corrected chi connectivity index (χ2v) is 4.05. The van der Waals surface area contributed by atoms with Crippen LogP contribution in [0.1, 0.15) is 13.8 Å². The Labute approximate surface area is 123 Å². The maximum atomic E-state index is 5.35. The standard InChI is InChI=1S/C14H19N5O2/c1-4-15-12-17-13(19-14(18-12)21-5-2)16-10-8-6-7-9-11(10)20-3/h6-9H,4-5H2,1-3H3,(H2,15,16,17,18,19). The lowest BCUT2D eigenvalue weighted by atomic mass is 10.3. The van der Waals surface area contributed by atoms with E-state index < -0.39 is 0 Å². The van der Waals surface area contributed by atoms with Crippen LogP contribution >= 0.6 is 0 Å². The van der Waals surface area contributed by atoms with Gasteiger partial charge in [0.2, 0.25) is 11.9 Å². The van der Waals surface area contributed by atoms with Crippen LogP contribution in [-0.4, -0.2) is 35.2 Å². The number of aromatic nitrogens is 3. The third-order valence-corrected chi connectivity index (χ3v) is 2.58. The average molecular weight is 289 g/mol. The average Bonchev–Trinajstić information content (AvgIpc) is 2.48. The number of methoxy groups -OCH3 is 1. The number of para-hydroxylation sites is 2. The Hall–Kier alpha value is -2.57. The predicted octanol–water partition coefficient (Wildman–Crippen LogP) is 2.45. The molecule has 0 aliphatic heterocycles. The Bertz CT molecular complexity index is 567. The van der Waals surface area contributed by atoms with Crippen LogP contribution in [0.5, 0.6) is 11.8 Å². The van der Waals surface area contributed by atoms with Gasteiger partial charge in [0.05, 0.1) is 19.4 Å². The molecule has 1 heterocycles. The Morgan fingerprint density at radius 3 is 2.52 bits per heavy atom. The lowest BCUT2D eigenvalue weighted by molar-refractivity contribution is 0.312. The van der Waals surface area contributed by atoms with Crippen LogP contribution in [0.4, 0.5) is 17.6 Å². The summed E-state index contributed by atoms with van der Waals surface area (Å²) in [5.41, 5.74) is 0.774. The van der Waals surface area contributed by atoms with Gasteiger partial charge in [-0.1, -0.05) is 12.1 Å². The molecule has 0 amide bonds. The fourth-order valence-corrected chi connectivity index (χ4v) is 1.71. The van der Waals surface area contributed by atoms with E-state index in [0.717, 1.165) is 5.69 Å². The Morgan fingerprint density at radius 2 is 1.81 bits per heavy atom. The van der Waals surface area contributed by atoms with Crippen LogP contribution in [0.3, 0.4) is 0 Å². The lowest BCUT2D eigenvalue weighted by Gasteiger charge is -2.11. The first-order valence-corrected chi connectivity index (χ1v) is 6.79. The molecule has 0 spiro atoms. The normalized spacial score (nSPS) is 10.0. The van der Waals surface area contributed by atoms with Crippen molar-refractivity contribution >= 4 is 17.6 Å². The zero-order valence-corrected chi connectivity index (χ0v) is 12.4. The molecule has 7 heteroatoms. The topological polar surface area (TPSA) is 81.2 Å². The number of benzene rings is 1. The number of rotatable bonds is 7. The van der Waals surface area contributed by atoms with Gasteiger partial charge in [0.25, 0.3) is 0 Å². The largest absolute Gasteiger partial charge is 0.495 e. The minimum Gasteiger partial charge on any atom is -0.495 e. The SMILES string of the molecule is CCNc1nc(Nc2ccccc2OC)nc(OCC)n1. The molecule has 112 valence electrons. The molecule has 0 unspecified atom stereocenters. The number of nitrogens with one attached hydrogen (secondary N) is 2. The van der Waals surface area contributed by atoms with E-state index in [4.69, 9.17) is 9.47 Å². The van der Waals surface area contributed by atoms with Crippen LogP contribution in [0.15, 0.2) is 24.3 Å². The molecule has 21 heavy (non-hydrogen) atoms. The summed E-state index contributed by atoms with van der Waals surface area (Å²) < 4.78 is 10.6. The first-order chi connectivity index (χ1) is 10.3. The predicted molar refractivity (Wildman–Crippen MR) is 81.4 cm³/mol. The number of anilines is 3. The van der Waals surface area contributed by atoms with E-state index in [2.05, 4.69) is 25.6 Å². The molecule has 2 aromatic rings. The van der Waals surface area contributed by atoms with Crippen molar-refractivity contribution in [1.29, 1.82) is 0 Å². The van der Waals surface area contributed by atoms with E-state index in [1.807, 2.05) is 38.1 Å². The monoisotopic (exact) mass is 289 g/mol. The van der Waals surface area contributed by atoms with Gasteiger partial charge >= 0.3 is 6.01 Å². The molecule has 1 aromatic carbocycles. The number of hydrogen-bond acceptors (Lipinski definition) is 7. The molecule has 0 fully saturated rings. The summed E-state index contributed by atoms with van der Waals surface area (Å²) in [6.45, 7) is 5.05. The molecular weight excluding hydrogens is 270 g/mol. The van der Waals surface area contributed by atoms with Crippen LogP contribution in [0.25, 0.3) is 0 Å². The smallest absolute Gasteiger partial charge is 0.323 e. The van der Waals surface area contributed by atoms with Crippen molar-refractivity contribution in [3.05, 3.63) is 24.3 Å². The highest BCUT2D eigenvalue weighted by atomic mass is 16.5. The molecule has 0 saturated heterocycles. The number of ether oxygens (including phenoxy) is 2. The van der Waals surface area contributed by atoms with Gasteiger partial charge in [-0.3, -0.25) is 0 Å². The Balaban J connectivity index is 2.29. The van der Waals surface area contributed by atoms with Gasteiger partial charge in [-0.2, -0.15) is 15.0 Å². The third-order valence-electron chi connectivity index (χ3n) is 2.58. The van der Waals surface area contributed by atoms with E-state index in [9.17, 15) is 0 Å². The molecular formula is C14H19N5O2. The van der Waals surface area contributed by atoms with Crippen molar-refractivity contribution in [1.82, 2.24) is 15.0 Å². The molecule has 0 saturated carbocycles. The number of hydrogen-bond donors (Lipinski definition) is 2. The summed E-state index contributed by atoms with van der Waals surface area (Å²) in [6, 6.07) is 7.82. The highest BCUT2D eigenvalue weighted by molar-refractivity contribution is 5.62. The van der Waals surface area contributed by atoms with Crippen molar-refractivity contribution in [3.63, 3.8) is 0 Å². The van der Waals surface area contributed by atoms with Gasteiger partial charge < -0.3 is 20.1 Å². The van der Waals surface area contributed by atoms with Gasteiger partial charge in [0.1, 0.15) is 5.75 Å². The van der Waals surface area contributed by atoms with Gasteiger partial charge in [-0.25, -0.2) is 0 Å². The summed E-state index contributed by atoms with van der Waals surface area (Å²) >= 11 is 0. The second-order valence-electron chi connectivity index (χ2n) is 4.05. The van der Waals surface area contributed by atoms with Crippen LogP contribution < -0.4 is 20.1 Å². The van der Waals surface area contributed by atoms with Crippen molar-refractivity contribution in [3.8, 4) is 11.8 Å². The lowest BCUT2D eigenvalue weighted by Crippen LogP contribution is -2.09. The zero-order valence-electron chi connectivity index (χ0n) is 12.4. The summed E-state index contributed by atoms with van der Waals surface area (Å²) in [5, 5.41) is 6.16. The quantitative estimate of drug-likeness (QED) is 0.810. The van der Waals surface area contributed by atoms with Crippen molar-refractivity contribution in [2.45, 2.75) is 13.8 Å². The minimum atomic E-state index is 0.279. The summed E-state index contributed by atoms with van der Waals surface area (Å²) in [4.78, 5) is 12.7. The highest BCUT2D eigenvalue weighted by Crippen LogP contribution is 2.26. The van der Waals surface area contributed by atoms with Gasteiger partial charge in [-0.15, -0.1) is 0 Å². The molecule has 1 aromatic heterocycles. The molecule has 2 N–H and O–H groups in total. The van der Waals surface area contributed by atoms with E-state index in [1.54, 1.807) is 7.11 Å². The molecule has 7 nitrogen and oxygen atoms in total. The molecule has 0 aliphatic rings. The minimum absolute atomic E-state index is 0.279.